The first-order valence-electron chi connectivity index (χ1n) is 5.96. The Hall–Kier alpha value is -1.72. The fraction of sp³-hybridized carbons (Fsp3) is 0.538. The Morgan fingerprint density at radius 1 is 1.33 bits per heavy atom. The predicted octanol–water partition coefficient (Wildman–Crippen LogP) is 2.70. The average molecular weight is 260 g/mol. The van der Waals surface area contributed by atoms with Crippen LogP contribution < -0.4 is 10.6 Å². The lowest BCUT2D eigenvalue weighted by Crippen LogP contribution is -2.40. The van der Waals surface area contributed by atoms with Gasteiger partial charge < -0.3 is 10.6 Å². The summed E-state index contributed by atoms with van der Waals surface area (Å²) >= 11 is 1.34. The van der Waals surface area contributed by atoms with Crippen LogP contribution in [-0.2, 0) is 0 Å². The lowest BCUT2D eigenvalue weighted by atomic mass is 9.84. The topological polar surface area (TPSA) is 76.8 Å². The van der Waals surface area contributed by atoms with E-state index in [9.17, 15) is 5.26 Å². The lowest BCUT2D eigenvalue weighted by Gasteiger charge is -2.38. The molecule has 0 atom stereocenters. The van der Waals surface area contributed by atoms with E-state index in [0.29, 0.717) is 16.1 Å². The highest BCUT2D eigenvalue weighted by molar-refractivity contribution is 7.17. The van der Waals surface area contributed by atoms with E-state index in [4.69, 9.17) is 11.0 Å². The van der Waals surface area contributed by atoms with Crippen molar-refractivity contribution in [3.05, 3.63) is 10.4 Å². The SMILES string of the molecule is CC1(C)CCCN(c2sc(C#N)c(N)c2C#N)C1. The molecule has 0 bridgehead atoms. The first-order chi connectivity index (χ1) is 8.48. The number of hydrogen-bond donors (Lipinski definition) is 1. The molecule has 0 saturated carbocycles. The Morgan fingerprint density at radius 3 is 2.61 bits per heavy atom. The molecule has 18 heavy (non-hydrogen) atoms. The predicted molar refractivity (Wildman–Crippen MR) is 73.4 cm³/mol. The lowest BCUT2D eigenvalue weighted by molar-refractivity contribution is 0.294. The van der Waals surface area contributed by atoms with Crippen LogP contribution in [-0.4, -0.2) is 13.1 Å². The van der Waals surface area contributed by atoms with Crippen LogP contribution >= 0.6 is 11.3 Å². The van der Waals surface area contributed by atoms with Crippen LogP contribution in [0.1, 0.15) is 37.1 Å². The number of piperidine rings is 1. The number of nitrogens with two attached hydrogens (primary N) is 1. The van der Waals surface area contributed by atoms with Crippen LogP contribution in [0.15, 0.2) is 0 Å². The van der Waals surface area contributed by atoms with Gasteiger partial charge in [0, 0.05) is 13.1 Å². The normalized spacial score (nSPS) is 18.1. The largest absolute Gasteiger partial charge is 0.396 e. The molecule has 0 spiro atoms. The standard InChI is InChI=1S/C13H16N4S/c1-13(2)4-3-5-17(8-13)12-9(6-14)11(16)10(7-15)18-12/h3-5,8,16H2,1-2H3. The number of thiophene rings is 1. The van der Waals surface area contributed by atoms with Crippen molar-refractivity contribution in [2.75, 3.05) is 23.7 Å². The van der Waals surface area contributed by atoms with Crippen LogP contribution in [0, 0.1) is 28.1 Å². The molecular formula is C13H16N4S. The molecular weight excluding hydrogens is 244 g/mol. The van der Waals surface area contributed by atoms with E-state index in [0.717, 1.165) is 24.5 Å². The van der Waals surface area contributed by atoms with Crippen molar-refractivity contribution in [1.82, 2.24) is 0 Å². The third-order valence-electron chi connectivity index (χ3n) is 3.33. The minimum Gasteiger partial charge on any atom is -0.396 e. The summed E-state index contributed by atoms with van der Waals surface area (Å²) in [7, 11) is 0. The average Bonchev–Trinajstić information content (AvgIpc) is 2.64. The van der Waals surface area contributed by atoms with Gasteiger partial charge in [-0.1, -0.05) is 13.8 Å². The highest BCUT2D eigenvalue weighted by atomic mass is 32.1. The minimum atomic E-state index is 0.247. The molecule has 2 N–H and O–H groups in total. The zero-order valence-electron chi connectivity index (χ0n) is 10.7. The van der Waals surface area contributed by atoms with Crippen molar-refractivity contribution < 1.29 is 0 Å². The summed E-state index contributed by atoms with van der Waals surface area (Å²) in [6, 6.07) is 4.20. The maximum atomic E-state index is 9.21. The quantitative estimate of drug-likeness (QED) is 0.842. The highest BCUT2D eigenvalue weighted by Gasteiger charge is 2.30. The Balaban J connectivity index is 2.40. The number of nitriles is 2. The van der Waals surface area contributed by atoms with Gasteiger partial charge in [0.25, 0.3) is 0 Å². The van der Waals surface area contributed by atoms with Gasteiger partial charge in [0.1, 0.15) is 27.6 Å². The van der Waals surface area contributed by atoms with Gasteiger partial charge in [-0.25, -0.2) is 0 Å². The summed E-state index contributed by atoms with van der Waals surface area (Å²) in [6.45, 7) is 6.30. The molecule has 94 valence electrons. The van der Waals surface area contributed by atoms with Crippen molar-refractivity contribution in [2.45, 2.75) is 26.7 Å². The Morgan fingerprint density at radius 2 is 2.06 bits per heavy atom. The number of rotatable bonds is 1. The molecule has 0 aromatic carbocycles. The van der Waals surface area contributed by atoms with E-state index in [1.807, 2.05) is 0 Å². The van der Waals surface area contributed by atoms with Crippen LogP contribution in [0.2, 0.25) is 0 Å². The van der Waals surface area contributed by atoms with Crippen molar-refractivity contribution in [3.8, 4) is 12.1 Å². The smallest absolute Gasteiger partial charge is 0.131 e. The minimum absolute atomic E-state index is 0.247. The Labute approximate surface area is 111 Å². The van der Waals surface area contributed by atoms with Crippen LogP contribution in [0.4, 0.5) is 10.7 Å². The summed E-state index contributed by atoms with van der Waals surface area (Å²) in [5.74, 6) is 0. The van der Waals surface area contributed by atoms with E-state index in [-0.39, 0.29) is 5.41 Å². The molecule has 1 saturated heterocycles. The van der Waals surface area contributed by atoms with Gasteiger partial charge in [-0.3, -0.25) is 0 Å². The molecule has 1 fully saturated rings. The molecule has 1 aromatic rings. The second kappa shape index (κ2) is 4.51. The Kier molecular flexibility index (Phi) is 3.19. The second-order valence-corrected chi connectivity index (χ2v) is 6.44. The van der Waals surface area contributed by atoms with Crippen LogP contribution in [0.5, 0.6) is 0 Å². The summed E-state index contributed by atoms with van der Waals surface area (Å²) in [5.41, 5.74) is 6.89. The van der Waals surface area contributed by atoms with Gasteiger partial charge in [-0.2, -0.15) is 10.5 Å². The van der Waals surface area contributed by atoms with Gasteiger partial charge in [-0.15, -0.1) is 11.3 Å². The third-order valence-corrected chi connectivity index (χ3v) is 4.50. The van der Waals surface area contributed by atoms with Gasteiger partial charge in [0.15, 0.2) is 0 Å². The molecule has 2 heterocycles. The van der Waals surface area contributed by atoms with Crippen molar-refractivity contribution in [1.29, 1.82) is 10.5 Å². The molecule has 1 aromatic heterocycles. The van der Waals surface area contributed by atoms with Crippen molar-refractivity contribution >= 4 is 22.0 Å². The molecule has 1 aliphatic rings. The number of nitrogen functional groups attached to an aromatic ring is 1. The molecule has 0 amide bonds. The van der Waals surface area contributed by atoms with E-state index in [1.54, 1.807) is 0 Å². The van der Waals surface area contributed by atoms with E-state index >= 15 is 0 Å². The third kappa shape index (κ3) is 2.14. The van der Waals surface area contributed by atoms with Gasteiger partial charge in [-0.05, 0) is 18.3 Å². The van der Waals surface area contributed by atoms with Crippen molar-refractivity contribution in [2.24, 2.45) is 5.41 Å². The Bertz CT molecular complexity index is 545. The summed E-state index contributed by atoms with van der Waals surface area (Å²) < 4.78 is 0. The molecule has 0 unspecified atom stereocenters. The molecule has 1 aliphatic heterocycles. The second-order valence-electron chi connectivity index (χ2n) is 5.44. The highest BCUT2D eigenvalue weighted by Crippen LogP contribution is 2.40. The number of hydrogen-bond acceptors (Lipinski definition) is 5. The van der Waals surface area contributed by atoms with E-state index in [1.165, 1.54) is 17.8 Å². The molecule has 2 rings (SSSR count). The fourth-order valence-corrected chi connectivity index (χ4v) is 3.44. The molecule has 0 radical (unpaired) electrons. The summed E-state index contributed by atoms with van der Waals surface area (Å²) in [6.07, 6.45) is 2.30. The van der Waals surface area contributed by atoms with Gasteiger partial charge in [0.2, 0.25) is 0 Å². The van der Waals surface area contributed by atoms with E-state index < -0.39 is 0 Å². The zero-order chi connectivity index (χ0) is 13.3. The fourth-order valence-electron chi connectivity index (χ4n) is 2.44. The van der Waals surface area contributed by atoms with Crippen LogP contribution in [0.3, 0.4) is 0 Å². The summed E-state index contributed by atoms with van der Waals surface area (Å²) in [4.78, 5) is 2.65. The first-order valence-corrected chi connectivity index (χ1v) is 6.77. The van der Waals surface area contributed by atoms with E-state index in [2.05, 4.69) is 30.9 Å². The van der Waals surface area contributed by atoms with Gasteiger partial charge in [0.05, 0.1) is 5.69 Å². The first kappa shape index (κ1) is 12.7. The molecule has 0 aliphatic carbocycles. The summed E-state index contributed by atoms with van der Waals surface area (Å²) in [5, 5.41) is 19.1. The van der Waals surface area contributed by atoms with Crippen molar-refractivity contribution in [3.63, 3.8) is 0 Å². The van der Waals surface area contributed by atoms with Gasteiger partial charge >= 0.3 is 0 Å². The van der Waals surface area contributed by atoms with Crippen LogP contribution in [0.25, 0.3) is 0 Å². The molecule has 5 heteroatoms. The maximum absolute atomic E-state index is 9.21. The monoisotopic (exact) mass is 260 g/mol. The zero-order valence-corrected chi connectivity index (χ0v) is 11.5. The maximum Gasteiger partial charge on any atom is 0.131 e. The molecule has 4 nitrogen and oxygen atoms in total. The number of nitrogens with zero attached hydrogens (tertiary/aromatic N) is 3. The number of anilines is 2.